The van der Waals surface area contributed by atoms with Gasteiger partial charge in [-0.1, -0.05) is 35.5 Å². The van der Waals surface area contributed by atoms with Crippen LogP contribution in [-0.4, -0.2) is 28.3 Å². The van der Waals surface area contributed by atoms with Crippen LogP contribution in [0.15, 0.2) is 40.9 Å². The minimum atomic E-state index is -0.846. The van der Waals surface area contributed by atoms with Crippen molar-refractivity contribution in [2.24, 2.45) is 5.92 Å². The van der Waals surface area contributed by atoms with E-state index < -0.39 is 5.60 Å². The standard InChI is InChI=1S/C16H18N2O3/c1-16(20,12-7-8-12)10-17-15(19)13-9-14(21-18-13)11-5-3-2-4-6-11/h2-6,9,12,20H,7-8,10H2,1H3,(H,17,19)/t16-/m0/s1. The predicted molar refractivity (Wildman–Crippen MR) is 77.6 cm³/mol. The van der Waals surface area contributed by atoms with Gasteiger partial charge in [0.05, 0.1) is 5.60 Å². The Kier molecular flexibility index (Phi) is 3.51. The van der Waals surface area contributed by atoms with Gasteiger partial charge in [0, 0.05) is 18.2 Å². The number of rotatable bonds is 5. The highest BCUT2D eigenvalue weighted by Crippen LogP contribution is 2.39. The third-order valence-corrected chi connectivity index (χ3v) is 3.86. The van der Waals surface area contributed by atoms with Crippen molar-refractivity contribution < 1.29 is 14.4 Å². The van der Waals surface area contributed by atoms with E-state index in [4.69, 9.17) is 4.52 Å². The molecule has 0 radical (unpaired) electrons. The van der Waals surface area contributed by atoms with Gasteiger partial charge in [0.2, 0.25) is 0 Å². The van der Waals surface area contributed by atoms with Crippen LogP contribution in [0.3, 0.4) is 0 Å². The number of carbonyl (C=O) groups is 1. The fourth-order valence-electron chi connectivity index (χ4n) is 2.32. The van der Waals surface area contributed by atoms with Crippen molar-refractivity contribution in [2.75, 3.05) is 6.54 Å². The van der Waals surface area contributed by atoms with Gasteiger partial charge in [0.1, 0.15) is 0 Å². The van der Waals surface area contributed by atoms with E-state index >= 15 is 0 Å². The molecule has 0 aliphatic heterocycles. The third-order valence-electron chi connectivity index (χ3n) is 3.86. The number of benzene rings is 1. The molecule has 1 atom stereocenters. The van der Waals surface area contributed by atoms with Crippen molar-refractivity contribution in [3.63, 3.8) is 0 Å². The summed E-state index contributed by atoms with van der Waals surface area (Å²) in [7, 11) is 0. The average Bonchev–Trinajstić information content (AvgIpc) is 3.24. The molecule has 0 spiro atoms. The molecule has 21 heavy (non-hydrogen) atoms. The number of nitrogens with zero attached hydrogens (tertiary/aromatic N) is 1. The molecule has 1 aromatic carbocycles. The fourth-order valence-corrected chi connectivity index (χ4v) is 2.32. The Morgan fingerprint density at radius 3 is 2.81 bits per heavy atom. The zero-order valence-corrected chi connectivity index (χ0v) is 11.9. The minimum Gasteiger partial charge on any atom is -0.388 e. The van der Waals surface area contributed by atoms with Crippen LogP contribution in [0.25, 0.3) is 11.3 Å². The summed E-state index contributed by atoms with van der Waals surface area (Å²) in [5, 5.41) is 16.7. The van der Waals surface area contributed by atoms with E-state index in [1.165, 1.54) is 0 Å². The molecule has 110 valence electrons. The first-order chi connectivity index (χ1) is 10.1. The molecule has 2 aromatic rings. The van der Waals surface area contributed by atoms with Crippen molar-refractivity contribution in [1.82, 2.24) is 10.5 Å². The highest BCUT2D eigenvalue weighted by atomic mass is 16.5. The van der Waals surface area contributed by atoms with Gasteiger partial charge in [-0.2, -0.15) is 0 Å². The van der Waals surface area contributed by atoms with Crippen LogP contribution in [-0.2, 0) is 0 Å². The molecule has 0 unspecified atom stereocenters. The van der Waals surface area contributed by atoms with Crippen LogP contribution in [0.1, 0.15) is 30.3 Å². The molecule has 1 amide bonds. The Balaban J connectivity index is 1.64. The molecule has 3 rings (SSSR count). The topological polar surface area (TPSA) is 75.4 Å². The summed E-state index contributed by atoms with van der Waals surface area (Å²) in [5.41, 5.74) is 0.247. The summed E-state index contributed by atoms with van der Waals surface area (Å²) in [6, 6.07) is 11.1. The lowest BCUT2D eigenvalue weighted by molar-refractivity contribution is 0.0353. The van der Waals surface area contributed by atoms with Crippen LogP contribution in [0.2, 0.25) is 0 Å². The normalized spacial score (nSPS) is 17.2. The van der Waals surface area contributed by atoms with Gasteiger partial charge in [0.15, 0.2) is 11.5 Å². The molecule has 5 nitrogen and oxygen atoms in total. The molecule has 1 aliphatic rings. The van der Waals surface area contributed by atoms with Crippen LogP contribution < -0.4 is 5.32 Å². The van der Waals surface area contributed by atoms with Gasteiger partial charge in [-0.05, 0) is 25.7 Å². The molecule has 2 N–H and O–H groups in total. The Labute approximate surface area is 123 Å². The van der Waals surface area contributed by atoms with Crippen LogP contribution in [0.5, 0.6) is 0 Å². The van der Waals surface area contributed by atoms with Gasteiger partial charge in [-0.15, -0.1) is 0 Å². The number of nitrogens with one attached hydrogen (secondary N) is 1. The average molecular weight is 286 g/mol. The molecular formula is C16H18N2O3. The zero-order valence-electron chi connectivity index (χ0n) is 11.9. The van der Waals surface area contributed by atoms with Crippen molar-refractivity contribution in [1.29, 1.82) is 0 Å². The SMILES string of the molecule is C[C@](O)(CNC(=O)c1cc(-c2ccccc2)on1)C1CC1. The van der Waals surface area contributed by atoms with Crippen LogP contribution in [0.4, 0.5) is 0 Å². The lowest BCUT2D eigenvalue weighted by Crippen LogP contribution is -2.42. The highest BCUT2D eigenvalue weighted by Gasteiger charge is 2.40. The van der Waals surface area contributed by atoms with E-state index in [1.54, 1.807) is 13.0 Å². The Morgan fingerprint density at radius 1 is 1.43 bits per heavy atom. The van der Waals surface area contributed by atoms with Gasteiger partial charge >= 0.3 is 0 Å². The summed E-state index contributed by atoms with van der Waals surface area (Å²) in [6.07, 6.45) is 2.04. The molecule has 5 heteroatoms. The van der Waals surface area contributed by atoms with E-state index in [1.807, 2.05) is 30.3 Å². The smallest absolute Gasteiger partial charge is 0.273 e. The Morgan fingerprint density at radius 2 is 2.14 bits per heavy atom. The number of aliphatic hydroxyl groups is 1. The second-order valence-corrected chi connectivity index (χ2v) is 5.76. The molecule has 1 heterocycles. The van der Waals surface area contributed by atoms with Crippen LogP contribution in [0, 0.1) is 5.92 Å². The Bertz CT molecular complexity index is 630. The fraction of sp³-hybridized carbons (Fsp3) is 0.375. The maximum absolute atomic E-state index is 12.0. The summed E-state index contributed by atoms with van der Waals surface area (Å²) >= 11 is 0. The summed E-state index contributed by atoms with van der Waals surface area (Å²) in [5.74, 6) is 0.506. The molecule has 1 aromatic heterocycles. The second-order valence-electron chi connectivity index (χ2n) is 5.76. The molecule has 0 bridgehead atoms. The molecule has 0 saturated heterocycles. The van der Waals surface area contributed by atoms with E-state index in [2.05, 4.69) is 10.5 Å². The Hall–Kier alpha value is -2.14. The maximum Gasteiger partial charge on any atom is 0.273 e. The number of hydrogen-bond acceptors (Lipinski definition) is 4. The van der Waals surface area contributed by atoms with Gasteiger partial charge < -0.3 is 14.9 Å². The first-order valence-electron chi connectivity index (χ1n) is 7.09. The van der Waals surface area contributed by atoms with Gasteiger partial charge in [-0.3, -0.25) is 4.79 Å². The second kappa shape index (κ2) is 5.33. The molecule has 1 saturated carbocycles. The van der Waals surface area contributed by atoms with E-state index in [-0.39, 0.29) is 24.1 Å². The predicted octanol–water partition coefficient (Wildman–Crippen LogP) is 2.23. The van der Waals surface area contributed by atoms with Gasteiger partial charge in [-0.25, -0.2) is 0 Å². The van der Waals surface area contributed by atoms with Crippen LogP contribution >= 0.6 is 0 Å². The largest absolute Gasteiger partial charge is 0.388 e. The zero-order chi connectivity index (χ0) is 14.9. The number of carbonyl (C=O) groups excluding carboxylic acids is 1. The van der Waals surface area contributed by atoms with E-state index in [0.29, 0.717) is 5.76 Å². The monoisotopic (exact) mass is 286 g/mol. The van der Waals surface area contributed by atoms with E-state index in [9.17, 15) is 9.90 Å². The molecular weight excluding hydrogens is 268 g/mol. The number of amides is 1. The quantitative estimate of drug-likeness (QED) is 0.884. The first-order valence-corrected chi connectivity index (χ1v) is 7.09. The summed E-state index contributed by atoms with van der Waals surface area (Å²) < 4.78 is 5.19. The highest BCUT2D eigenvalue weighted by molar-refractivity contribution is 5.93. The summed E-state index contributed by atoms with van der Waals surface area (Å²) in [4.78, 5) is 12.0. The lowest BCUT2D eigenvalue weighted by Gasteiger charge is -2.22. The maximum atomic E-state index is 12.0. The van der Waals surface area contributed by atoms with Crippen molar-refractivity contribution in [3.05, 3.63) is 42.1 Å². The lowest BCUT2D eigenvalue weighted by atomic mass is 10.0. The number of hydrogen-bond donors (Lipinski definition) is 2. The minimum absolute atomic E-state index is 0.223. The molecule has 1 fully saturated rings. The number of aromatic nitrogens is 1. The van der Waals surface area contributed by atoms with Gasteiger partial charge in [0.25, 0.3) is 5.91 Å². The van der Waals surface area contributed by atoms with Crippen molar-refractivity contribution in [2.45, 2.75) is 25.4 Å². The first kappa shape index (κ1) is 13.8. The molecule has 1 aliphatic carbocycles. The summed E-state index contributed by atoms with van der Waals surface area (Å²) in [6.45, 7) is 1.98. The third kappa shape index (κ3) is 3.13. The van der Waals surface area contributed by atoms with Crippen molar-refractivity contribution in [3.8, 4) is 11.3 Å². The van der Waals surface area contributed by atoms with Crippen molar-refractivity contribution >= 4 is 5.91 Å². The van der Waals surface area contributed by atoms with E-state index in [0.717, 1.165) is 18.4 Å².